The van der Waals surface area contributed by atoms with Crippen molar-refractivity contribution in [3.05, 3.63) is 35.9 Å². The summed E-state index contributed by atoms with van der Waals surface area (Å²) in [5.74, 6) is 1.69. The Hall–Kier alpha value is -1.31. The van der Waals surface area contributed by atoms with Gasteiger partial charge >= 0.3 is 5.97 Å². The molecule has 18 heavy (non-hydrogen) atoms. The number of benzene rings is 1. The van der Waals surface area contributed by atoms with Crippen molar-refractivity contribution in [3.8, 4) is 0 Å². The second-order valence-corrected chi connectivity index (χ2v) is 5.68. The van der Waals surface area contributed by atoms with Crippen LogP contribution in [0.25, 0.3) is 0 Å². The van der Waals surface area contributed by atoms with Crippen LogP contribution in [0.1, 0.15) is 31.2 Å². The van der Waals surface area contributed by atoms with Gasteiger partial charge in [-0.05, 0) is 36.7 Å². The van der Waals surface area contributed by atoms with E-state index in [1.807, 2.05) is 18.2 Å². The normalized spacial score (nSPS) is 29.4. The number of hydrogen-bond acceptors (Lipinski definition) is 2. The minimum absolute atomic E-state index is 0.0538. The number of carbonyl (C=O) groups is 1. The zero-order valence-electron chi connectivity index (χ0n) is 10.7. The van der Waals surface area contributed by atoms with Gasteiger partial charge in [-0.1, -0.05) is 36.8 Å². The Bertz CT molecular complexity index is 412. The molecular weight excluding hydrogens is 224 g/mol. The van der Waals surface area contributed by atoms with Crippen molar-refractivity contribution in [2.45, 2.75) is 32.1 Å². The van der Waals surface area contributed by atoms with Crippen LogP contribution in [0.15, 0.2) is 30.3 Å². The highest BCUT2D eigenvalue weighted by molar-refractivity contribution is 5.73. The van der Waals surface area contributed by atoms with Gasteiger partial charge in [0, 0.05) is 6.42 Å². The Morgan fingerprint density at radius 1 is 1.17 bits per heavy atom. The van der Waals surface area contributed by atoms with Crippen molar-refractivity contribution in [1.82, 2.24) is 0 Å². The lowest BCUT2D eigenvalue weighted by Gasteiger charge is -2.19. The van der Waals surface area contributed by atoms with Crippen molar-refractivity contribution in [2.24, 2.45) is 17.8 Å². The summed E-state index contributed by atoms with van der Waals surface area (Å²) in [5, 5.41) is 0. The van der Waals surface area contributed by atoms with Crippen molar-refractivity contribution in [3.63, 3.8) is 0 Å². The highest BCUT2D eigenvalue weighted by Crippen LogP contribution is 2.48. The summed E-state index contributed by atoms with van der Waals surface area (Å²) in [6.45, 7) is 0.525. The molecule has 1 aromatic carbocycles. The largest absolute Gasteiger partial charge is 0.465 e. The summed E-state index contributed by atoms with van der Waals surface area (Å²) in [4.78, 5) is 12.0. The SMILES string of the molecule is O=C(OCCc1ccccc1)C1CC2CCC1C2. The van der Waals surface area contributed by atoms with Crippen LogP contribution in [0.5, 0.6) is 0 Å². The monoisotopic (exact) mass is 244 g/mol. The van der Waals surface area contributed by atoms with Gasteiger partial charge in [0.2, 0.25) is 0 Å². The molecule has 2 bridgehead atoms. The predicted octanol–water partition coefficient (Wildman–Crippen LogP) is 3.21. The molecule has 0 radical (unpaired) electrons. The van der Waals surface area contributed by atoms with Gasteiger partial charge in [-0.3, -0.25) is 4.79 Å². The minimum atomic E-state index is 0.0538. The van der Waals surface area contributed by atoms with E-state index in [-0.39, 0.29) is 11.9 Å². The summed E-state index contributed by atoms with van der Waals surface area (Å²) in [7, 11) is 0. The van der Waals surface area contributed by atoms with Crippen molar-refractivity contribution >= 4 is 5.97 Å². The fourth-order valence-corrected chi connectivity index (χ4v) is 3.55. The molecule has 2 saturated carbocycles. The zero-order valence-corrected chi connectivity index (χ0v) is 10.7. The maximum Gasteiger partial charge on any atom is 0.309 e. The van der Waals surface area contributed by atoms with Gasteiger partial charge in [0.15, 0.2) is 0 Å². The molecule has 2 heteroatoms. The lowest BCUT2D eigenvalue weighted by Crippen LogP contribution is -2.23. The van der Waals surface area contributed by atoms with Crippen LogP contribution in [0.2, 0.25) is 0 Å². The molecule has 0 N–H and O–H groups in total. The van der Waals surface area contributed by atoms with Crippen molar-refractivity contribution in [1.29, 1.82) is 0 Å². The summed E-state index contributed by atoms with van der Waals surface area (Å²) >= 11 is 0. The first-order valence-electron chi connectivity index (χ1n) is 7.03. The standard InChI is InChI=1S/C16H20O2/c17-16(15-11-13-6-7-14(15)10-13)18-9-8-12-4-2-1-3-5-12/h1-5,13-15H,6-11H2. The van der Waals surface area contributed by atoms with Crippen molar-refractivity contribution in [2.75, 3.05) is 6.61 Å². The van der Waals surface area contributed by atoms with E-state index in [2.05, 4.69) is 12.1 Å². The fraction of sp³-hybridized carbons (Fsp3) is 0.562. The van der Waals surface area contributed by atoms with E-state index in [1.165, 1.54) is 24.8 Å². The number of esters is 1. The molecule has 1 aromatic rings. The molecule has 0 aromatic heterocycles. The van der Waals surface area contributed by atoms with E-state index in [4.69, 9.17) is 4.74 Å². The third-order valence-corrected chi connectivity index (χ3v) is 4.52. The van der Waals surface area contributed by atoms with Crippen molar-refractivity contribution < 1.29 is 9.53 Å². The smallest absolute Gasteiger partial charge is 0.309 e. The molecule has 0 heterocycles. The quantitative estimate of drug-likeness (QED) is 0.760. The molecule has 2 fully saturated rings. The molecule has 0 aliphatic heterocycles. The Morgan fingerprint density at radius 3 is 2.67 bits per heavy atom. The van der Waals surface area contributed by atoms with Gasteiger partial charge in [-0.2, -0.15) is 0 Å². The molecule has 96 valence electrons. The lowest BCUT2D eigenvalue weighted by molar-refractivity contribution is -0.150. The molecule has 3 rings (SSSR count). The van der Waals surface area contributed by atoms with Gasteiger partial charge in [0.1, 0.15) is 0 Å². The van der Waals surface area contributed by atoms with E-state index in [0.29, 0.717) is 12.5 Å². The third-order valence-electron chi connectivity index (χ3n) is 4.52. The van der Waals surface area contributed by atoms with E-state index >= 15 is 0 Å². The van der Waals surface area contributed by atoms with Crippen LogP contribution in [-0.4, -0.2) is 12.6 Å². The molecule has 0 spiro atoms. The average Bonchev–Trinajstić information content (AvgIpc) is 3.02. The number of carbonyl (C=O) groups excluding carboxylic acids is 1. The topological polar surface area (TPSA) is 26.3 Å². The molecule has 3 atom stereocenters. The fourth-order valence-electron chi connectivity index (χ4n) is 3.55. The number of fused-ring (bicyclic) bond motifs is 2. The Labute approximate surface area is 108 Å². The molecule has 3 unspecified atom stereocenters. The first-order valence-corrected chi connectivity index (χ1v) is 7.03. The zero-order chi connectivity index (χ0) is 12.4. The number of rotatable bonds is 4. The average molecular weight is 244 g/mol. The van der Waals surface area contributed by atoms with E-state index < -0.39 is 0 Å². The van der Waals surface area contributed by atoms with Gasteiger partial charge in [-0.25, -0.2) is 0 Å². The molecule has 2 aliphatic rings. The lowest BCUT2D eigenvalue weighted by atomic mass is 9.89. The van der Waals surface area contributed by atoms with Crippen LogP contribution < -0.4 is 0 Å². The Morgan fingerprint density at radius 2 is 2.00 bits per heavy atom. The Kier molecular flexibility index (Phi) is 3.35. The second-order valence-electron chi connectivity index (χ2n) is 5.68. The molecular formula is C16H20O2. The van der Waals surface area contributed by atoms with Gasteiger partial charge in [-0.15, -0.1) is 0 Å². The van der Waals surface area contributed by atoms with Crippen LogP contribution in [-0.2, 0) is 16.0 Å². The van der Waals surface area contributed by atoms with Crippen LogP contribution in [0.4, 0.5) is 0 Å². The summed E-state index contributed by atoms with van der Waals surface area (Å²) in [6, 6.07) is 10.2. The van der Waals surface area contributed by atoms with Gasteiger partial charge < -0.3 is 4.74 Å². The summed E-state index contributed by atoms with van der Waals surface area (Å²) < 4.78 is 5.44. The van der Waals surface area contributed by atoms with Gasteiger partial charge in [0.25, 0.3) is 0 Å². The first kappa shape index (κ1) is 11.8. The summed E-state index contributed by atoms with van der Waals surface area (Å²) in [5.41, 5.74) is 1.23. The minimum Gasteiger partial charge on any atom is -0.465 e. The second kappa shape index (κ2) is 5.13. The molecule has 2 aliphatic carbocycles. The Balaban J connectivity index is 1.45. The maximum absolute atomic E-state index is 12.0. The molecule has 0 amide bonds. The van der Waals surface area contributed by atoms with Crippen LogP contribution in [0.3, 0.4) is 0 Å². The number of hydrogen-bond donors (Lipinski definition) is 0. The predicted molar refractivity (Wildman–Crippen MR) is 70.0 cm³/mol. The van der Waals surface area contributed by atoms with Gasteiger partial charge in [0.05, 0.1) is 12.5 Å². The first-order chi connectivity index (χ1) is 8.83. The third kappa shape index (κ3) is 2.43. The summed E-state index contributed by atoms with van der Waals surface area (Å²) in [6.07, 6.45) is 5.74. The molecule has 2 nitrogen and oxygen atoms in total. The highest BCUT2D eigenvalue weighted by atomic mass is 16.5. The van der Waals surface area contributed by atoms with Crippen LogP contribution in [0, 0.1) is 17.8 Å². The maximum atomic E-state index is 12.0. The molecule has 0 saturated heterocycles. The van der Waals surface area contributed by atoms with E-state index in [9.17, 15) is 4.79 Å². The highest BCUT2D eigenvalue weighted by Gasteiger charge is 2.43. The van der Waals surface area contributed by atoms with E-state index in [1.54, 1.807) is 0 Å². The van der Waals surface area contributed by atoms with E-state index in [0.717, 1.165) is 18.8 Å². The number of ether oxygens (including phenoxy) is 1. The van der Waals surface area contributed by atoms with Crippen LogP contribution >= 0.6 is 0 Å².